The number of ether oxygens (including phenoxy) is 2. The molecule has 3 N–H and O–H groups in total. The summed E-state index contributed by atoms with van der Waals surface area (Å²) < 4.78 is 25.2. The van der Waals surface area contributed by atoms with Crippen LogP contribution in [0.2, 0.25) is 0 Å². The Kier molecular flexibility index (Phi) is 49.0. The standard InChI is InChI=1S/C9H10BrNOS.C9H9BrO2S.C7H3BrFN.C7H4BrNS.2C2H6O.ClH.2Na.H2S/c2*1-2-12-9(11)6-3-4-8(13)7(10)5-6;1-10-5-2-3-7(9)6(8)4-5;1-9-5-2-3-7(10)6(8)4-5;2*1-2-3;;;;/h3-5,11,13H,2H2,1H3;3-5,13H,2H2,1H3;2-4H;2-4,10H;2*3H,2H2,1H3;1H;;;1H2. The summed E-state index contributed by atoms with van der Waals surface area (Å²) in [5, 5.41) is 22.7. The first-order chi connectivity index (χ1) is 25.6. The van der Waals surface area contributed by atoms with Crippen molar-refractivity contribution in [3.05, 3.63) is 130 Å². The quantitative estimate of drug-likeness (QED) is 0.0305. The van der Waals surface area contributed by atoms with E-state index in [9.17, 15) is 9.18 Å². The van der Waals surface area contributed by atoms with Gasteiger partial charge in [0.25, 0.3) is 0 Å². The molecule has 0 bridgehead atoms. The summed E-state index contributed by atoms with van der Waals surface area (Å²) in [7, 11) is 0. The van der Waals surface area contributed by atoms with Crippen molar-refractivity contribution in [3.63, 3.8) is 0 Å². The van der Waals surface area contributed by atoms with Gasteiger partial charge in [-0.25, -0.2) is 18.9 Å². The minimum absolute atomic E-state index is 0. The molecular formula is C36H41Br4ClFN3Na2O5S4. The molecule has 0 radical (unpaired) electrons. The number of thiol groups is 3. The maximum atomic E-state index is 12.5. The summed E-state index contributed by atoms with van der Waals surface area (Å²) in [6, 6.07) is 20.0. The fourth-order valence-electron chi connectivity index (χ4n) is 2.84. The zero-order valence-corrected chi connectivity index (χ0v) is 46.3. The Hall–Kier alpha value is 0.260. The molecule has 0 aliphatic rings. The third-order valence-corrected chi connectivity index (χ3v) is 9.72. The predicted molar refractivity (Wildman–Crippen MR) is 260 cm³/mol. The van der Waals surface area contributed by atoms with E-state index in [2.05, 4.69) is 111 Å². The first-order valence-electron chi connectivity index (χ1n) is 15.9. The maximum absolute atomic E-state index is 12.5. The van der Waals surface area contributed by atoms with Gasteiger partial charge in [-0.2, -0.15) is 13.5 Å². The van der Waals surface area contributed by atoms with E-state index in [4.69, 9.17) is 38.2 Å². The second-order valence-corrected chi connectivity index (χ2v) is 13.8. The van der Waals surface area contributed by atoms with Crippen LogP contribution in [0, 0.1) is 24.4 Å². The van der Waals surface area contributed by atoms with Gasteiger partial charge in [-0.05, 0) is 130 Å². The molecule has 298 valence electrons. The topological polar surface area (TPSA) is 109 Å². The molecule has 0 amide bonds. The van der Waals surface area contributed by atoms with Gasteiger partial charge in [-0.1, -0.05) is 34.1 Å². The summed E-state index contributed by atoms with van der Waals surface area (Å²) in [5.41, 5.74) is 2.36. The molecule has 56 heavy (non-hydrogen) atoms. The zero-order valence-electron chi connectivity index (χ0n) is 31.4. The van der Waals surface area contributed by atoms with Crippen molar-refractivity contribution in [1.82, 2.24) is 0 Å². The number of hydrogen-bond donors (Lipinski definition) is 6. The number of carbonyl (C=O) groups is 1. The molecule has 20 heteroatoms. The van der Waals surface area contributed by atoms with E-state index in [1.54, 1.807) is 57.2 Å². The number of benzene rings is 4. The fourth-order valence-corrected chi connectivity index (χ4v) is 4.75. The van der Waals surface area contributed by atoms with E-state index >= 15 is 0 Å². The van der Waals surface area contributed by atoms with Crippen LogP contribution in [0.1, 0.15) is 43.6 Å². The number of nitrogens with zero attached hydrogens (tertiary/aromatic N) is 2. The van der Waals surface area contributed by atoms with E-state index < -0.39 is 0 Å². The Morgan fingerprint density at radius 1 is 0.696 bits per heavy atom. The van der Waals surface area contributed by atoms with Gasteiger partial charge in [0.05, 0.1) is 31.9 Å². The van der Waals surface area contributed by atoms with Gasteiger partial charge >= 0.3 is 49.6 Å². The molecule has 0 unspecified atom stereocenters. The molecular weight excluding hydrogens is 1100 g/mol. The van der Waals surface area contributed by atoms with Gasteiger partial charge in [0, 0.05) is 51.4 Å². The van der Waals surface area contributed by atoms with Crippen molar-refractivity contribution in [2.45, 2.75) is 42.4 Å². The van der Waals surface area contributed by atoms with Gasteiger partial charge in [-0.3, -0.25) is 5.41 Å². The van der Waals surface area contributed by atoms with Crippen molar-refractivity contribution in [3.8, 4) is 0 Å². The van der Waals surface area contributed by atoms with Crippen LogP contribution >= 0.6 is 128 Å². The van der Waals surface area contributed by atoms with Crippen molar-refractivity contribution in [1.29, 1.82) is 5.41 Å². The summed E-state index contributed by atoms with van der Waals surface area (Å²) in [6.07, 6.45) is 0. The summed E-state index contributed by atoms with van der Waals surface area (Å²) in [5.74, 6) is -0.458. The number of rotatable bonds is 4. The van der Waals surface area contributed by atoms with Gasteiger partial charge in [0.2, 0.25) is 5.90 Å². The SMILES string of the molecule is CCO.CCO.CCOC(=N)c1ccc(S)c(Br)c1.CCOC(=O)c1ccc(S)c(Br)c1.Cl.S.[C-]#[N+]c1ccc(F)c(Br)c1.[C-]#[N+]c1ccc(S)c(Br)c1.[Na][Na]. The number of carbonyl (C=O) groups excluding carboxylic acids is 1. The third kappa shape index (κ3) is 31.2. The molecule has 8 nitrogen and oxygen atoms in total. The predicted octanol–water partition coefficient (Wildman–Crippen LogP) is 12.2. The Balaban J connectivity index is -0.000000193. The van der Waals surface area contributed by atoms with Crippen LogP contribution in [-0.2, 0) is 9.47 Å². The zero-order chi connectivity index (χ0) is 42.2. The van der Waals surface area contributed by atoms with Crippen molar-refractivity contribution in [2.75, 3.05) is 26.4 Å². The van der Waals surface area contributed by atoms with Gasteiger partial charge in [0.15, 0.2) is 11.4 Å². The van der Waals surface area contributed by atoms with Crippen LogP contribution in [0.15, 0.2) is 105 Å². The fraction of sp³-hybridized carbons (Fsp3) is 0.222. The van der Waals surface area contributed by atoms with Crippen LogP contribution in [0.4, 0.5) is 15.8 Å². The number of nitrogens with one attached hydrogen (secondary N) is 1. The molecule has 0 heterocycles. The molecule has 0 aliphatic carbocycles. The summed E-state index contributed by atoms with van der Waals surface area (Å²) in [6.45, 7) is 21.7. The van der Waals surface area contributed by atoms with E-state index in [0.29, 0.717) is 34.6 Å². The van der Waals surface area contributed by atoms with Crippen LogP contribution in [0.3, 0.4) is 0 Å². The second kappa shape index (κ2) is 42.0. The number of aliphatic hydroxyl groups is 2. The number of esters is 1. The Morgan fingerprint density at radius 2 is 1.04 bits per heavy atom. The Morgan fingerprint density at radius 3 is 1.39 bits per heavy atom. The van der Waals surface area contributed by atoms with Crippen LogP contribution in [-0.4, -0.2) is 92.1 Å². The van der Waals surface area contributed by atoms with Crippen molar-refractivity contribution in [2.24, 2.45) is 0 Å². The molecule has 4 aromatic rings. The molecule has 0 atom stereocenters. The number of halogens is 6. The first-order valence-corrected chi connectivity index (χ1v) is 28.4. The van der Waals surface area contributed by atoms with Gasteiger partial charge in [0.1, 0.15) is 5.82 Å². The Bertz CT molecular complexity index is 1690. The summed E-state index contributed by atoms with van der Waals surface area (Å²) in [4.78, 5) is 20.1. The average molecular weight is 1140 g/mol. The monoisotopic (exact) mass is 1140 g/mol. The van der Waals surface area contributed by atoms with Crippen LogP contribution < -0.4 is 0 Å². The average Bonchev–Trinajstić information content (AvgIpc) is 3.15. The number of aliphatic hydroxyl groups excluding tert-OH is 2. The number of hydrogen-bond acceptors (Lipinski definition) is 9. The van der Waals surface area contributed by atoms with Crippen LogP contribution in [0.25, 0.3) is 9.69 Å². The van der Waals surface area contributed by atoms with E-state index in [-0.39, 0.29) is 56.8 Å². The molecule has 0 aliphatic heterocycles. The van der Waals surface area contributed by atoms with Crippen molar-refractivity contribution < 1.29 is 28.9 Å². The van der Waals surface area contributed by atoms with Gasteiger partial charge < -0.3 is 19.7 Å². The second-order valence-electron chi connectivity index (χ2n) is 8.91. The molecule has 4 aromatic carbocycles. The Labute approximate surface area is 422 Å². The van der Waals surface area contributed by atoms with Crippen molar-refractivity contribution >= 4 is 194 Å². The van der Waals surface area contributed by atoms with E-state index in [1.165, 1.54) is 61.8 Å². The molecule has 0 saturated carbocycles. The van der Waals surface area contributed by atoms with E-state index in [0.717, 1.165) is 33.7 Å². The molecule has 0 aromatic heterocycles. The minimum atomic E-state index is -0.340. The normalized spacial score (nSPS) is 8.50. The van der Waals surface area contributed by atoms with Gasteiger partial charge in [-0.15, -0.1) is 50.3 Å². The molecule has 0 fully saturated rings. The van der Waals surface area contributed by atoms with Crippen LogP contribution in [0.5, 0.6) is 0 Å². The molecule has 0 saturated heterocycles. The van der Waals surface area contributed by atoms with E-state index in [1.807, 2.05) is 25.1 Å². The first kappa shape index (κ1) is 65.4. The molecule has 0 spiro atoms. The summed E-state index contributed by atoms with van der Waals surface area (Å²) >= 11 is 28.3. The third-order valence-electron chi connectivity index (χ3n) is 5.05. The molecule has 4 rings (SSSR count).